The number of nitrogens with zero attached hydrogens (tertiary/aromatic N) is 3. The Morgan fingerprint density at radius 2 is 2.25 bits per heavy atom. The van der Waals surface area contributed by atoms with Crippen LogP contribution >= 0.6 is 0 Å². The maximum atomic E-state index is 5.86. The van der Waals surface area contributed by atoms with Crippen molar-refractivity contribution in [2.75, 3.05) is 0 Å². The third-order valence-corrected chi connectivity index (χ3v) is 2.47. The van der Waals surface area contributed by atoms with Crippen LogP contribution in [0.5, 0.6) is 0 Å². The zero-order valence-corrected chi connectivity index (χ0v) is 7.32. The summed E-state index contributed by atoms with van der Waals surface area (Å²) < 4.78 is 2.17. The molecule has 1 aromatic heterocycles. The van der Waals surface area contributed by atoms with Gasteiger partial charge in [-0.3, -0.25) is 0 Å². The van der Waals surface area contributed by atoms with Gasteiger partial charge in [0.05, 0.1) is 0 Å². The van der Waals surface area contributed by atoms with E-state index in [-0.39, 0.29) is 0 Å². The Bertz CT molecular complexity index is 279. The Morgan fingerprint density at radius 1 is 1.42 bits per heavy atom. The molecular formula is C8H14N4. The summed E-state index contributed by atoms with van der Waals surface area (Å²) in [5.74, 6) is 2.11. The lowest BCUT2D eigenvalue weighted by atomic mass is 10.1. The standard InChI is InChI=1S/C8H14N4/c1-6-10-11-8-3-2-7(9)4-5-12(6)8/h7H,2-5,9H2,1H3. The Hall–Kier alpha value is -0.900. The zero-order valence-electron chi connectivity index (χ0n) is 7.32. The second-order valence-electron chi connectivity index (χ2n) is 3.40. The average molecular weight is 166 g/mol. The second kappa shape index (κ2) is 2.86. The highest BCUT2D eigenvalue weighted by atomic mass is 15.3. The first-order chi connectivity index (χ1) is 5.77. The van der Waals surface area contributed by atoms with Gasteiger partial charge in [0.1, 0.15) is 11.6 Å². The van der Waals surface area contributed by atoms with Crippen LogP contribution in [0, 0.1) is 6.92 Å². The number of fused-ring (bicyclic) bond motifs is 1. The van der Waals surface area contributed by atoms with Crippen molar-refractivity contribution >= 4 is 0 Å². The first kappa shape index (κ1) is 7.73. The van der Waals surface area contributed by atoms with Crippen LogP contribution in [0.25, 0.3) is 0 Å². The fourth-order valence-electron chi connectivity index (χ4n) is 1.65. The lowest BCUT2D eigenvalue weighted by Crippen LogP contribution is -2.20. The van der Waals surface area contributed by atoms with Crippen molar-refractivity contribution in [1.82, 2.24) is 14.8 Å². The van der Waals surface area contributed by atoms with Gasteiger partial charge in [0.2, 0.25) is 0 Å². The smallest absolute Gasteiger partial charge is 0.133 e. The highest BCUT2D eigenvalue weighted by Gasteiger charge is 2.15. The highest BCUT2D eigenvalue weighted by Crippen LogP contribution is 2.12. The van der Waals surface area contributed by atoms with Gasteiger partial charge in [-0.25, -0.2) is 0 Å². The van der Waals surface area contributed by atoms with E-state index in [1.54, 1.807) is 0 Å². The molecule has 0 bridgehead atoms. The monoisotopic (exact) mass is 166 g/mol. The number of hydrogen-bond donors (Lipinski definition) is 1. The summed E-state index contributed by atoms with van der Waals surface area (Å²) in [6.45, 7) is 2.97. The van der Waals surface area contributed by atoms with E-state index in [9.17, 15) is 0 Å². The van der Waals surface area contributed by atoms with Gasteiger partial charge in [-0.2, -0.15) is 0 Å². The van der Waals surface area contributed by atoms with Crippen molar-refractivity contribution in [2.45, 2.75) is 38.8 Å². The summed E-state index contributed by atoms with van der Waals surface area (Å²) in [5, 5.41) is 8.15. The van der Waals surface area contributed by atoms with Crippen LogP contribution in [0.1, 0.15) is 24.5 Å². The second-order valence-corrected chi connectivity index (χ2v) is 3.40. The van der Waals surface area contributed by atoms with E-state index < -0.39 is 0 Å². The van der Waals surface area contributed by atoms with Gasteiger partial charge < -0.3 is 10.3 Å². The fraction of sp³-hybridized carbons (Fsp3) is 0.750. The summed E-state index contributed by atoms with van der Waals surface area (Å²) in [7, 11) is 0. The quantitative estimate of drug-likeness (QED) is 0.601. The predicted molar refractivity (Wildman–Crippen MR) is 45.7 cm³/mol. The summed E-state index contributed by atoms with van der Waals surface area (Å²) in [6, 6.07) is 0.339. The van der Waals surface area contributed by atoms with E-state index in [1.165, 1.54) is 0 Å². The SMILES string of the molecule is Cc1nnc2n1CCC(N)CC2. The van der Waals surface area contributed by atoms with E-state index in [1.807, 2.05) is 6.92 Å². The molecule has 4 heteroatoms. The van der Waals surface area contributed by atoms with Gasteiger partial charge >= 0.3 is 0 Å². The molecule has 2 N–H and O–H groups in total. The molecule has 0 fully saturated rings. The molecule has 0 saturated carbocycles. The van der Waals surface area contributed by atoms with Crippen LogP contribution in [0.3, 0.4) is 0 Å². The maximum Gasteiger partial charge on any atom is 0.133 e. The van der Waals surface area contributed by atoms with Crippen molar-refractivity contribution in [3.05, 3.63) is 11.6 Å². The number of rotatable bonds is 0. The molecule has 0 amide bonds. The molecule has 1 aromatic rings. The van der Waals surface area contributed by atoms with Crippen molar-refractivity contribution in [3.8, 4) is 0 Å². The van der Waals surface area contributed by atoms with Gasteiger partial charge in [0.25, 0.3) is 0 Å². The Morgan fingerprint density at radius 3 is 3.08 bits per heavy atom. The summed E-state index contributed by atoms with van der Waals surface area (Å²) >= 11 is 0. The summed E-state index contributed by atoms with van der Waals surface area (Å²) in [6.07, 6.45) is 3.06. The van der Waals surface area contributed by atoms with E-state index in [0.717, 1.165) is 37.5 Å². The third kappa shape index (κ3) is 1.22. The van der Waals surface area contributed by atoms with Crippen molar-refractivity contribution < 1.29 is 0 Å². The van der Waals surface area contributed by atoms with Crippen molar-refractivity contribution in [1.29, 1.82) is 0 Å². The van der Waals surface area contributed by atoms with Crippen molar-refractivity contribution in [3.63, 3.8) is 0 Å². The largest absolute Gasteiger partial charge is 0.328 e. The highest BCUT2D eigenvalue weighted by molar-refractivity contribution is 4.96. The van der Waals surface area contributed by atoms with E-state index >= 15 is 0 Å². The molecule has 0 aromatic carbocycles. The summed E-state index contributed by atoms with van der Waals surface area (Å²) in [4.78, 5) is 0. The van der Waals surface area contributed by atoms with Gasteiger partial charge in [-0.1, -0.05) is 0 Å². The van der Waals surface area contributed by atoms with Crippen LogP contribution in [-0.4, -0.2) is 20.8 Å². The first-order valence-corrected chi connectivity index (χ1v) is 4.41. The molecule has 2 rings (SSSR count). The van der Waals surface area contributed by atoms with Crippen molar-refractivity contribution in [2.24, 2.45) is 5.73 Å². The Balaban J connectivity index is 2.28. The molecule has 12 heavy (non-hydrogen) atoms. The normalized spacial score (nSPS) is 23.3. The Labute approximate surface area is 71.8 Å². The topological polar surface area (TPSA) is 56.7 Å². The molecule has 1 atom stereocenters. The van der Waals surface area contributed by atoms with Gasteiger partial charge in [0, 0.05) is 19.0 Å². The van der Waals surface area contributed by atoms with Crippen LogP contribution in [0.15, 0.2) is 0 Å². The molecule has 4 nitrogen and oxygen atoms in total. The first-order valence-electron chi connectivity index (χ1n) is 4.41. The summed E-state index contributed by atoms with van der Waals surface area (Å²) in [5.41, 5.74) is 5.86. The number of nitrogens with two attached hydrogens (primary N) is 1. The molecule has 0 aliphatic carbocycles. The predicted octanol–water partition coefficient (Wildman–Crippen LogP) is 0.250. The van der Waals surface area contributed by atoms with Crippen LogP contribution in [0.4, 0.5) is 0 Å². The number of hydrogen-bond acceptors (Lipinski definition) is 3. The number of aryl methyl sites for hydroxylation is 2. The lowest BCUT2D eigenvalue weighted by Gasteiger charge is -2.05. The van der Waals surface area contributed by atoms with Crippen LogP contribution in [0.2, 0.25) is 0 Å². The molecule has 0 radical (unpaired) electrons. The molecule has 0 spiro atoms. The van der Waals surface area contributed by atoms with Crippen LogP contribution in [-0.2, 0) is 13.0 Å². The lowest BCUT2D eigenvalue weighted by molar-refractivity contribution is 0.548. The molecule has 1 aliphatic heterocycles. The molecule has 1 aliphatic rings. The molecule has 1 unspecified atom stereocenters. The average Bonchev–Trinajstić information content (AvgIpc) is 2.28. The van der Waals surface area contributed by atoms with Gasteiger partial charge in [0.15, 0.2) is 0 Å². The zero-order chi connectivity index (χ0) is 8.55. The Kier molecular flexibility index (Phi) is 1.84. The van der Waals surface area contributed by atoms with Gasteiger partial charge in [-0.15, -0.1) is 10.2 Å². The van der Waals surface area contributed by atoms with E-state index in [0.29, 0.717) is 6.04 Å². The van der Waals surface area contributed by atoms with Gasteiger partial charge in [-0.05, 0) is 19.8 Å². The third-order valence-electron chi connectivity index (χ3n) is 2.47. The van der Waals surface area contributed by atoms with Crippen LogP contribution < -0.4 is 5.73 Å². The molecule has 2 heterocycles. The molecule has 66 valence electrons. The minimum absolute atomic E-state index is 0.339. The molecule has 0 saturated heterocycles. The minimum atomic E-state index is 0.339. The minimum Gasteiger partial charge on any atom is -0.328 e. The van der Waals surface area contributed by atoms with E-state index in [2.05, 4.69) is 14.8 Å². The van der Waals surface area contributed by atoms with E-state index in [4.69, 9.17) is 5.73 Å². The fourth-order valence-corrected chi connectivity index (χ4v) is 1.65. The maximum absolute atomic E-state index is 5.86. The number of aromatic nitrogens is 3. The molecular weight excluding hydrogens is 152 g/mol.